The topological polar surface area (TPSA) is 25.4 Å². The molecule has 0 unspecified atom stereocenters. The maximum atomic E-state index is 12.9. The number of alkyl halides is 3. The lowest BCUT2D eigenvalue weighted by Gasteiger charge is -2.14. The van der Waals surface area contributed by atoms with E-state index < -0.39 is 11.7 Å². The van der Waals surface area contributed by atoms with E-state index in [1.165, 1.54) is 13.3 Å². The van der Waals surface area contributed by atoms with Crippen LogP contribution in [-0.4, -0.2) is 37.6 Å². The fraction of sp³-hybridized carbons (Fsp3) is 0.583. The van der Waals surface area contributed by atoms with Crippen LogP contribution in [0.5, 0.6) is 5.88 Å². The van der Waals surface area contributed by atoms with Crippen LogP contribution in [-0.2, 0) is 12.6 Å². The van der Waals surface area contributed by atoms with E-state index in [1.54, 1.807) is 0 Å². The fourth-order valence-electron chi connectivity index (χ4n) is 1.62. The van der Waals surface area contributed by atoms with Gasteiger partial charge in [-0.05, 0) is 39.0 Å². The standard InChI is InChI=1S/C12H17F3N2O/c1-17(2)6-4-5-9-8-16-11(18-3)7-10(9)12(13,14)15/h7-8H,4-6H2,1-3H3. The molecule has 0 saturated heterocycles. The molecule has 0 radical (unpaired) electrons. The number of rotatable bonds is 5. The van der Waals surface area contributed by atoms with Gasteiger partial charge in [-0.3, -0.25) is 0 Å². The number of ether oxygens (including phenoxy) is 1. The molecule has 18 heavy (non-hydrogen) atoms. The van der Waals surface area contributed by atoms with Crippen LogP contribution in [0.15, 0.2) is 12.3 Å². The molecule has 3 nitrogen and oxygen atoms in total. The van der Waals surface area contributed by atoms with E-state index in [0.717, 1.165) is 12.6 Å². The van der Waals surface area contributed by atoms with Crippen LogP contribution >= 0.6 is 0 Å². The minimum absolute atomic E-state index is 0.0151. The molecular weight excluding hydrogens is 245 g/mol. The highest BCUT2D eigenvalue weighted by Gasteiger charge is 2.33. The molecule has 1 aromatic rings. The molecule has 1 aromatic heterocycles. The third kappa shape index (κ3) is 4.18. The van der Waals surface area contributed by atoms with Gasteiger partial charge >= 0.3 is 6.18 Å². The van der Waals surface area contributed by atoms with Gasteiger partial charge in [-0.25, -0.2) is 4.98 Å². The first kappa shape index (κ1) is 14.8. The summed E-state index contributed by atoms with van der Waals surface area (Å²) in [5, 5.41) is 0. The summed E-state index contributed by atoms with van der Waals surface area (Å²) < 4.78 is 43.3. The van der Waals surface area contributed by atoms with Crippen molar-refractivity contribution in [1.82, 2.24) is 9.88 Å². The number of pyridine rings is 1. The Hall–Kier alpha value is -1.30. The van der Waals surface area contributed by atoms with Gasteiger partial charge in [-0.2, -0.15) is 13.2 Å². The summed E-state index contributed by atoms with van der Waals surface area (Å²) >= 11 is 0. The van der Waals surface area contributed by atoms with Gasteiger partial charge in [0.05, 0.1) is 12.7 Å². The summed E-state index contributed by atoms with van der Waals surface area (Å²) in [5.41, 5.74) is -0.446. The Morgan fingerprint density at radius 2 is 2.00 bits per heavy atom. The molecule has 102 valence electrons. The molecule has 0 fully saturated rings. The summed E-state index contributed by atoms with van der Waals surface area (Å²) in [7, 11) is 5.07. The predicted molar refractivity (Wildman–Crippen MR) is 62.7 cm³/mol. The van der Waals surface area contributed by atoms with Crippen LogP contribution in [0.2, 0.25) is 0 Å². The molecule has 6 heteroatoms. The van der Waals surface area contributed by atoms with Crippen molar-refractivity contribution in [3.8, 4) is 5.88 Å². The number of aryl methyl sites for hydroxylation is 1. The van der Waals surface area contributed by atoms with Crippen molar-refractivity contribution >= 4 is 0 Å². The number of halogens is 3. The molecular formula is C12H17F3N2O. The molecule has 0 atom stereocenters. The monoisotopic (exact) mass is 262 g/mol. The van der Waals surface area contributed by atoms with E-state index in [4.69, 9.17) is 4.74 Å². The zero-order chi connectivity index (χ0) is 13.8. The van der Waals surface area contributed by atoms with Crippen molar-refractivity contribution in [2.24, 2.45) is 0 Å². The maximum Gasteiger partial charge on any atom is 0.416 e. The highest BCUT2D eigenvalue weighted by molar-refractivity contribution is 5.32. The van der Waals surface area contributed by atoms with E-state index in [0.29, 0.717) is 12.8 Å². The average molecular weight is 262 g/mol. The molecule has 0 aromatic carbocycles. The minimum Gasteiger partial charge on any atom is -0.481 e. The molecule has 0 N–H and O–H groups in total. The van der Waals surface area contributed by atoms with Gasteiger partial charge < -0.3 is 9.64 Å². The highest BCUT2D eigenvalue weighted by atomic mass is 19.4. The molecule has 0 aliphatic rings. The van der Waals surface area contributed by atoms with E-state index >= 15 is 0 Å². The maximum absolute atomic E-state index is 12.9. The summed E-state index contributed by atoms with van der Waals surface area (Å²) in [5.74, 6) is -0.0151. The van der Waals surface area contributed by atoms with Crippen molar-refractivity contribution in [3.63, 3.8) is 0 Å². The zero-order valence-electron chi connectivity index (χ0n) is 10.7. The van der Waals surface area contributed by atoms with Gasteiger partial charge in [0.15, 0.2) is 0 Å². The molecule has 1 heterocycles. The van der Waals surface area contributed by atoms with E-state index in [9.17, 15) is 13.2 Å². The Labute approximate surface area is 105 Å². The van der Waals surface area contributed by atoms with E-state index in [1.807, 2.05) is 19.0 Å². The highest BCUT2D eigenvalue weighted by Crippen LogP contribution is 2.33. The normalized spacial score (nSPS) is 11.9. The fourth-order valence-corrected chi connectivity index (χ4v) is 1.62. The van der Waals surface area contributed by atoms with Crippen LogP contribution in [0.25, 0.3) is 0 Å². The van der Waals surface area contributed by atoms with Crippen LogP contribution in [0, 0.1) is 0 Å². The third-order valence-corrected chi connectivity index (χ3v) is 2.53. The van der Waals surface area contributed by atoms with Crippen molar-refractivity contribution in [1.29, 1.82) is 0 Å². The van der Waals surface area contributed by atoms with E-state index in [2.05, 4.69) is 4.98 Å². The van der Waals surface area contributed by atoms with Gasteiger partial charge in [0.2, 0.25) is 5.88 Å². The number of hydrogen-bond donors (Lipinski definition) is 0. The van der Waals surface area contributed by atoms with Gasteiger partial charge in [0.25, 0.3) is 0 Å². The molecule has 0 aliphatic heterocycles. The number of aromatic nitrogens is 1. The second-order valence-corrected chi connectivity index (χ2v) is 4.29. The molecule has 0 aliphatic carbocycles. The summed E-state index contributed by atoms with van der Waals surface area (Å²) in [6.45, 7) is 0.739. The Kier molecular flexibility index (Phi) is 4.95. The van der Waals surface area contributed by atoms with Crippen LogP contribution < -0.4 is 4.74 Å². The quantitative estimate of drug-likeness (QED) is 0.815. The molecule has 0 saturated carbocycles. The lowest BCUT2D eigenvalue weighted by atomic mass is 10.1. The Morgan fingerprint density at radius 1 is 1.33 bits per heavy atom. The van der Waals surface area contributed by atoms with Crippen molar-refractivity contribution in [2.45, 2.75) is 19.0 Å². The lowest BCUT2D eigenvalue weighted by Crippen LogP contribution is -2.15. The largest absolute Gasteiger partial charge is 0.481 e. The average Bonchev–Trinajstić information content (AvgIpc) is 2.27. The second-order valence-electron chi connectivity index (χ2n) is 4.29. The van der Waals surface area contributed by atoms with Crippen LogP contribution in [0.1, 0.15) is 17.5 Å². The lowest BCUT2D eigenvalue weighted by molar-refractivity contribution is -0.138. The van der Waals surface area contributed by atoms with Crippen LogP contribution in [0.4, 0.5) is 13.2 Å². The minimum atomic E-state index is -4.37. The summed E-state index contributed by atoms with van der Waals surface area (Å²) in [4.78, 5) is 5.77. The molecule has 0 bridgehead atoms. The van der Waals surface area contributed by atoms with Crippen molar-refractivity contribution in [2.75, 3.05) is 27.7 Å². The zero-order valence-corrected chi connectivity index (χ0v) is 10.7. The first-order valence-corrected chi connectivity index (χ1v) is 5.59. The first-order valence-electron chi connectivity index (χ1n) is 5.59. The van der Waals surface area contributed by atoms with Crippen molar-refractivity contribution in [3.05, 3.63) is 23.4 Å². The summed E-state index contributed by atoms with van der Waals surface area (Å²) in [6, 6.07) is 0.949. The second kappa shape index (κ2) is 6.04. The Morgan fingerprint density at radius 3 is 2.50 bits per heavy atom. The van der Waals surface area contributed by atoms with Crippen molar-refractivity contribution < 1.29 is 17.9 Å². The predicted octanol–water partition coefficient (Wildman–Crippen LogP) is 2.60. The number of nitrogens with zero attached hydrogens (tertiary/aromatic N) is 2. The molecule has 1 rings (SSSR count). The van der Waals surface area contributed by atoms with Gasteiger partial charge in [-0.15, -0.1) is 0 Å². The van der Waals surface area contributed by atoms with Crippen LogP contribution in [0.3, 0.4) is 0 Å². The number of hydrogen-bond acceptors (Lipinski definition) is 3. The Bertz CT molecular complexity index is 391. The SMILES string of the molecule is COc1cc(C(F)(F)F)c(CCCN(C)C)cn1. The molecule has 0 spiro atoms. The summed E-state index contributed by atoms with van der Waals surface area (Å²) in [6.07, 6.45) is -2.12. The van der Waals surface area contributed by atoms with Gasteiger partial charge in [0.1, 0.15) is 0 Å². The Balaban J connectivity index is 2.89. The smallest absolute Gasteiger partial charge is 0.416 e. The first-order chi connectivity index (χ1) is 8.34. The van der Waals surface area contributed by atoms with Gasteiger partial charge in [0, 0.05) is 12.3 Å². The van der Waals surface area contributed by atoms with E-state index in [-0.39, 0.29) is 11.4 Å². The molecule has 0 amide bonds. The van der Waals surface area contributed by atoms with Gasteiger partial charge in [-0.1, -0.05) is 0 Å². The third-order valence-electron chi connectivity index (χ3n) is 2.53. The number of methoxy groups -OCH3 is 1.